The first-order valence-electron chi connectivity index (χ1n) is 8.43. The number of anilines is 1. The second kappa shape index (κ2) is 7.96. The summed E-state index contributed by atoms with van der Waals surface area (Å²) >= 11 is 0. The van der Waals surface area contributed by atoms with Crippen LogP contribution in [0.5, 0.6) is 0 Å². The zero-order valence-electron chi connectivity index (χ0n) is 14.8. The first-order valence-corrected chi connectivity index (χ1v) is 8.43. The van der Waals surface area contributed by atoms with Crippen molar-refractivity contribution in [3.63, 3.8) is 0 Å². The average molecular weight is 369 g/mol. The summed E-state index contributed by atoms with van der Waals surface area (Å²) in [7, 11) is 1.88. The number of halogens is 1. The van der Waals surface area contributed by atoms with Gasteiger partial charge >= 0.3 is 0 Å². The Labute approximate surface area is 155 Å². The molecule has 27 heavy (non-hydrogen) atoms. The number of H-pyrrole nitrogens is 1. The van der Waals surface area contributed by atoms with E-state index < -0.39 is 5.91 Å². The van der Waals surface area contributed by atoms with E-state index in [0.29, 0.717) is 47.6 Å². The van der Waals surface area contributed by atoms with Crippen LogP contribution in [0.15, 0.2) is 42.5 Å². The third-order valence-corrected chi connectivity index (χ3v) is 4.09. The maximum Gasteiger partial charge on any atom is 0.248 e. The highest BCUT2D eigenvalue weighted by molar-refractivity contribution is 5.94. The molecular formula is C19H20FN5O2. The molecule has 0 bridgehead atoms. The number of carbonyl (C=O) groups is 2. The van der Waals surface area contributed by atoms with Crippen LogP contribution in [0.3, 0.4) is 0 Å². The molecule has 0 spiro atoms. The molecule has 0 aliphatic rings. The zero-order chi connectivity index (χ0) is 19.4. The van der Waals surface area contributed by atoms with Gasteiger partial charge in [-0.3, -0.25) is 14.5 Å². The number of primary amides is 1. The minimum absolute atomic E-state index is 0.139. The molecule has 0 radical (unpaired) electrons. The summed E-state index contributed by atoms with van der Waals surface area (Å²) in [5.74, 6) is -0.254. The third-order valence-electron chi connectivity index (χ3n) is 4.09. The Kier molecular flexibility index (Phi) is 5.46. The van der Waals surface area contributed by atoms with Crippen LogP contribution in [0.25, 0.3) is 11.0 Å². The Morgan fingerprint density at radius 3 is 2.67 bits per heavy atom. The lowest BCUT2D eigenvalue weighted by Crippen LogP contribution is -2.24. The summed E-state index contributed by atoms with van der Waals surface area (Å²) in [6.45, 7) is 1.04. The van der Waals surface area contributed by atoms with E-state index in [-0.39, 0.29) is 11.7 Å². The molecule has 0 fully saturated rings. The van der Waals surface area contributed by atoms with Crippen LogP contribution in [0.1, 0.15) is 22.6 Å². The normalized spacial score (nSPS) is 11.1. The van der Waals surface area contributed by atoms with Crippen LogP contribution in [-0.2, 0) is 11.3 Å². The van der Waals surface area contributed by atoms with Crippen molar-refractivity contribution in [3.05, 3.63) is 59.7 Å². The molecule has 0 saturated heterocycles. The molecule has 3 aromatic rings. The fraction of sp³-hybridized carbons (Fsp3) is 0.211. The van der Waals surface area contributed by atoms with Crippen molar-refractivity contribution in [2.24, 2.45) is 5.73 Å². The predicted octanol–water partition coefficient (Wildman–Crippen LogP) is 2.26. The highest BCUT2D eigenvalue weighted by atomic mass is 19.1. The lowest BCUT2D eigenvalue weighted by atomic mass is 10.2. The molecule has 0 saturated carbocycles. The fourth-order valence-corrected chi connectivity index (χ4v) is 2.68. The van der Waals surface area contributed by atoms with Crippen molar-refractivity contribution in [1.82, 2.24) is 14.9 Å². The number of imidazole rings is 1. The molecule has 0 aliphatic heterocycles. The lowest BCUT2D eigenvalue weighted by molar-refractivity contribution is -0.116. The average Bonchev–Trinajstić information content (AvgIpc) is 3.01. The van der Waals surface area contributed by atoms with Gasteiger partial charge in [0.05, 0.1) is 17.6 Å². The summed E-state index contributed by atoms with van der Waals surface area (Å²) < 4.78 is 13.2. The van der Waals surface area contributed by atoms with E-state index in [9.17, 15) is 14.0 Å². The van der Waals surface area contributed by atoms with Crippen LogP contribution in [0.2, 0.25) is 0 Å². The fourth-order valence-electron chi connectivity index (χ4n) is 2.68. The number of aromatic amines is 1. The van der Waals surface area contributed by atoms with Gasteiger partial charge in [-0.15, -0.1) is 0 Å². The van der Waals surface area contributed by atoms with E-state index in [0.717, 1.165) is 0 Å². The molecule has 1 heterocycles. The number of fused-ring (bicyclic) bond motifs is 1. The summed E-state index contributed by atoms with van der Waals surface area (Å²) in [6, 6.07) is 10.8. The number of aromatic nitrogens is 2. The molecule has 4 N–H and O–H groups in total. The Hall–Kier alpha value is -3.26. The van der Waals surface area contributed by atoms with Crippen LogP contribution < -0.4 is 11.1 Å². The maximum atomic E-state index is 13.2. The molecule has 3 rings (SSSR count). The minimum atomic E-state index is -0.511. The van der Waals surface area contributed by atoms with Gasteiger partial charge in [-0.05, 0) is 49.5 Å². The van der Waals surface area contributed by atoms with E-state index >= 15 is 0 Å². The summed E-state index contributed by atoms with van der Waals surface area (Å²) in [4.78, 5) is 32.5. The molecule has 0 atom stereocenters. The monoisotopic (exact) mass is 369 g/mol. The van der Waals surface area contributed by atoms with E-state index in [1.54, 1.807) is 30.3 Å². The Bertz CT molecular complexity index is 968. The van der Waals surface area contributed by atoms with Gasteiger partial charge in [0.2, 0.25) is 11.8 Å². The maximum absolute atomic E-state index is 13.2. The number of rotatable bonds is 7. The van der Waals surface area contributed by atoms with Crippen molar-refractivity contribution >= 4 is 28.5 Å². The van der Waals surface area contributed by atoms with Gasteiger partial charge < -0.3 is 16.0 Å². The van der Waals surface area contributed by atoms with E-state index in [1.807, 2.05) is 11.9 Å². The highest BCUT2D eigenvalue weighted by Crippen LogP contribution is 2.14. The number of amides is 2. The van der Waals surface area contributed by atoms with E-state index in [2.05, 4.69) is 15.3 Å². The van der Waals surface area contributed by atoms with Gasteiger partial charge in [0.15, 0.2) is 0 Å². The van der Waals surface area contributed by atoms with Crippen molar-refractivity contribution in [2.75, 3.05) is 18.9 Å². The molecule has 2 aromatic carbocycles. The molecule has 1 aromatic heterocycles. The SMILES string of the molecule is CN(CCC(=O)Nc1ccc(C(N)=O)cc1)Cc1nc2ccc(F)cc2[nH]1. The number of hydrogen-bond donors (Lipinski definition) is 3. The first-order chi connectivity index (χ1) is 12.9. The molecule has 7 nitrogen and oxygen atoms in total. The second-order valence-electron chi connectivity index (χ2n) is 6.32. The number of benzene rings is 2. The first kappa shape index (κ1) is 18.5. The smallest absolute Gasteiger partial charge is 0.248 e. The molecule has 2 amide bonds. The van der Waals surface area contributed by atoms with Crippen LogP contribution in [0.4, 0.5) is 10.1 Å². The van der Waals surface area contributed by atoms with E-state index in [4.69, 9.17) is 5.73 Å². The highest BCUT2D eigenvalue weighted by Gasteiger charge is 2.09. The number of hydrogen-bond acceptors (Lipinski definition) is 4. The molecule has 8 heteroatoms. The Morgan fingerprint density at radius 2 is 1.96 bits per heavy atom. The van der Waals surface area contributed by atoms with Gasteiger partial charge in [-0.1, -0.05) is 0 Å². The summed E-state index contributed by atoms with van der Waals surface area (Å²) in [5.41, 5.74) is 7.53. The minimum Gasteiger partial charge on any atom is -0.366 e. The summed E-state index contributed by atoms with van der Waals surface area (Å²) in [6.07, 6.45) is 0.295. The van der Waals surface area contributed by atoms with Gasteiger partial charge in [0.25, 0.3) is 0 Å². The predicted molar refractivity (Wildman–Crippen MR) is 101 cm³/mol. The number of carbonyl (C=O) groups excluding carboxylic acids is 2. The number of nitrogens with one attached hydrogen (secondary N) is 2. The van der Waals surface area contributed by atoms with Gasteiger partial charge in [0.1, 0.15) is 11.6 Å². The van der Waals surface area contributed by atoms with Crippen molar-refractivity contribution in [3.8, 4) is 0 Å². The number of nitrogens with zero attached hydrogens (tertiary/aromatic N) is 2. The van der Waals surface area contributed by atoms with E-state index in [1.165, 1.54) is 12.1 Å². The van der Waals surface area contributed by atoms with Crippen LogP contribution in [0, 0.1) is 5.82 Å². The summed E-state index contributed by atoms with van der Waals surface area (Å²) in [5, 5.41) is 2.77. The Balaban J connectivity index is 1.49. The molecule has 0 unspecified atom stereocenters. The van der Waals surface area contributed by atoms with Crippen molar-refractivity contribution in [1.29, 1.82) is 0 Å². The quantitative estimate of drug-likeness (QED) is 0.594. The topological polar surface area (TPSA) is 104 Å². The standard InChI is InChI=1S/C19H20FN5O2/c1-25(11-17-23-15-7-4-13(20)10-16(15)24-17)9-8-18(26)22-14-5-2-12(3-6-14)19(21)27/h2-7,10H,8-9,11H2,1H3,(H2,21,27)(H,22,26)(H,23,24). The number of nitrogens with two attached hydrogens (primary N) is 1. The van der Waals surface area contributed by atoms with Crippen molar-refractivity contribution < 1.29 is 14.0 Å². The largest absolute Gasteiger partial charge is 0.366 e. The third kappa shape index (κ3) is 4.89. The van der Waals surface area contributed by atoms with Crippen LogP contribution in [-0.4, -0.2) is 40.3 Å². The molecule has 140 valence electrons. The van der Waals surface area contributed by atoms with Crippen molar-refractivity contribution in [2.45, 2.75) is 13.0 Å². The second-order valence-corrected chi connectivity index (χ2v) is 6.32. The van der Waals surface area contributed by atoms with Gasteiger partial charge in [-0.2, -0.15) is 0 Å². The lowest BCUT2D eigenvalue weighted by Gasteiger charge is -2.14. The zero-order valence-corrected chi connectivity index (χ0v) is 14.8. The van der Waals surface area contributed by atoms with Crippen LogP contribution >= 0.6 is 0 Å². The molecule has 0 aliphatic carbocycles. The van der Waals surface area contributed by atoms with Gasteiger partial charge in [-0.25, -0.2) is 9.37 Å². The molecular weight excluding hydrogens is 349 g/mol. The Morgan fingerprint density at radius 1 is 1.22 bits per heavy atom. The van der Waals surface area contributed by atoms with Gasteiger partial charge in [0, 0.05) is 24.2 Å².